The SMILES string of the molecule is COCCN1CCCN(CC2(C)CCNC2)CC1=O. The highest BCUT2D eigenvalue weighted by molar-refractivity contribution is 5.78. The van der Waals surface area contributed by atoms with Gasteiger partial charge in [-0.1, -0.05) is 6.92 Å². The van der Waals surface area contributed by atoms with Crippen molar-refractivity contribution < 1.29 is 9.53 Å². The molecule has 2 aliphatic heterocycles. The molecule has 5 nitrogen and oxygen atoms in total. The molecule has 110 valence electrons. The molecule has 0 radical (unpaired) electrons. The Morgan fingerprint density at radius 3 is 2.95 bits per heavy atom. The minimum absolute atomic E-state index is 0.254. The van der Waals surface area contributed by atoms with Crippen LogP contribution in [0.3, 0.4) is 0 Å². The summed E-state index contributed by atoms with van der Waals surface area (Å²) in [5.41, 5.74) is 0.335. The van der Waals surface area contributed by atoms with Gasteiger partial charge in [0.1, 0.15) is 0 Å². The molecule has 1 amide bonds. The number of nitrogens with zero attached hydrogens (tertiary/aromatic N) is 2. The Morgan fingerprint density at radius 2 is 2.26 bits per heavy atom. The number of hydrogen-bond acceptors (Lipinski definition) is 4. The van der Waals surface area contributed by atoms with Crippen molar-refractivity contribution in [1.82, 2.24) is 15.1 Å². The van der Waals surface area contributed by atoms with Crippen molar-refractivity contribution in [3.8, 4) is 0 Å². The van der Waals surface area contributed by atoms with Crippen LogP contribution in [0.1, 0.15) is 19.8 Å². The molecule has 1 N–H and O–H groups in total. The van der Waals surface area contributed by atoms with Crippen LogP contribution < -0.4 is 5.32 Å². The van der Waals surface area contributed by atoms with Crippen molar-refractivity contribution >= 4 is 5.91 Å². The zero-order valence-electron chi connectivity index (χ0n) is 12.3. The Balaban J connectivity index is 1.85. The van der Waals surface area contributed by atoms with E-state index < -0.39 is 0 Å². The third-order valence-corrected chi connectivity index (χ3v) is 4.24. The van der Waals surface area contributed by atoms with E-state index in [4.69, 9.17) is 4.74 Å². The van der Waals surface area contributed by atoms with Gasteiger partial charge in [-0.15, -0.1) is 0 Å². The zero-order chi connectivity index (χ0) is 13.7. The van der Waals surface area contributed by atoms with Crippen molar-refractivity contribution in [3.63, 3.8) is 0 Å². The maximum Gasteiger partial charge on any atom is 0.236 e. The average Bonchev–Trinajstić information content (AvgIpc) is 2.71. The van der Waals surface area contributed by atoms with Gasteiger partial charge in [-0.2, -0.15) is 0 Å². The minimum Gasteiger partial charge on any atom is -0.383 e. The molecule has 5 heteroatoms. The topological polar surface area (TPSA) is 44.8 Å². The largest absolute Gasteiger partial charge is 0.383 e. The number of rotatable bonds is 5. The zero-order valence-corrected chi connectivity index (χ0v) is 12.3. The van der Waals surface area contributed by atoms with Gasteiger partial charge < -0.3 is 15.0 Å². The molecule has 1 unspecified atom stereocenters. The van der Waals surface area contributed by atoms with Gasteiger partial charge in [-0.25, -0.2) is 0 Å². The van der Waals surface area contributed by atoms with E-state index in [9.17, 15) is 4.79 Å². The molecule has 19 heavy (non-hydrogen) atoms. The molecular formula is C14H27N3O2. The normalized spacial score (nSPS) is 29.8. The Labute approximate surface area is 116 Å². The number of ether oxygens (including phenoxy) is 1. The van der Waals surface area contributed by atoms with E-state index in [2.05, 4.69) is 17.1 Å². The molecule has 2 fully saturated rings. The fourth-order valence-electron chi connectivity index (χ4n) is 3.10. The molecule has 2 heterocycles. The third-order valence-electron chi connectivity index (χ3n) is 4.24. The molecule has 1 atom stereocenters. The first-order valence-corrected chi connectivity index (χ1v) is 7.33. The maximum atomic E-state index is 12.2. The van der Waals surface area contributed by atoms with Crippen LogP contribution in [-0.4, -0.2) is 75.2 Å². The number of amides is 1. The van der Waals surface area contributed by atoms with Crippen LogP contribution in [0.4, 0.5) is 0 Å². The summed E-state index contributed by atoms with van der Waals surface area (Å²) < 4.78 is 5.07. The predicted molar refractivity (Wildman–Crippen MR) is 75.1 cm³/mol. The second-order valence-electron chi connectivity index (χ2n) is 6.18. The Kier molecular flexibility index (Phi) is 5.19. The summed E-state index contributed by atoms with van der Waals surface area (Å²) in [5, 5.41) is 3.43. The summed E-state index contributed by atoms with van der Waals surface area (Å²) in [5.74, 6) is 0.254. The highest BCUT2D eigenvalue weighted by Crippen LogP contribution is 2.26. The van der Waals surface area contributed by atoms with Crippen LogP contribution in [0.25, 0.3) is 0 Å². The molecule has 2 aliphatic rings. The van der Waals surface area contributed by atoms with Gasteiger partial charge in [-0.3, -0.25) is 9.69 Å². The highest BCUT2D eigenvalue weighted by Gasteiger charge is 2.32. The van der Waals surface area contributed by atoms with E-state index in [0.29, 0.717) is 18.6 Å². The smallest absolute Gasteiger partial charge is 0.236 e. The van der Waals surface area contributed by atoms with Crippen LogP contribution in [-0.2, 0) is 9.53 Å². The summed E-state index contributed by atoms with van der Waals surface area (Å²) in [4.78, 5) is 16.5. The second-order valence-corrected chi connectivity index (χ2v) is 6.18. The number of carbonyl (C=O) groups is 1. The van der Waals surface area contributed by atoms with Gasteiger partial charge >= 0.3 is 0 Å². The summed E-state index contributed by atoms with van der Waals surface area (Å²) in [6.07, 6.45) is 2.28. The van der Waals surface area contributed by atoms with Crippen molar-refractivity contribution in [2.45, 2.75) is 19.8 Å². The van der Waals surface area contributed by atoms with Crippen LogP contribution in [0, 0.1) is 5.41 Å². The monoisotopic (exact) mass is 269 g/mol. The Bertz CT molecular complexity index is 303. The van der Waals surface area contributed by atoms with E-state index >= 15 is 0 Å². The number of methoxy groups -OCH3 is 1. The summed E-state index contributed by atoms with van der Waals surface area (Å²) in [6.45, 7) is 9.37. The van der Waals surface area contributed by atoms with E-state index in [-0.39, 0.29) is 5.91 Å². The minimum atomic E-state index is 0.254. The summed E-state index contributed by atoms with van der Waals surface area (Å²) >= 11 is 0. The fourth-order valence-corrected chi connectivity index (χ4v) is 3.10. The van der Waals surface area contributed by atoms with Crippen LogP contribution in [0.2, 0.25) is 0 Å². The number of nitrogens with one attached hydrogen (secondary N) is 1. The first-order valence-electron chi connectivity index (χ1n) is 7.33. The summed E-state index contributed by atoms with van der Waals surface area (Å²) in [7, 11) is 1.68. The van der Waals surface area contributed by atoms with Crippen LogP contribution in [0.5, 0.6) is 0 Å². The van der Waals surface area contributed by atoms with Crippen molar-refractivity contribution in [1.29, 1.82) is 0 Å². The molecule has 0 aliphatic carbocycles. The lowest BCUT2D eigenvalue weighted by atomic mass is 9.89. The lowest BCUT2D eigenvalue weighted by Crippen LogP contribution is -2.42. The first kappa shape index (κ1) is 14.8. The van der Waals surface area contributed by atoms with Gasteiger partial charge in [0.15, 0.2) is 0 Å². The van der Waals surface area contributed by atoms with Crippen molar-refractivity contribution in [2.24, 2.45) is 5.41 Å². The second kappa shape index (κ2) is 6.68. The molecule has 2 rings (SSSR count). The number of hydrogen-bond donors (Lipinski definition) is 1. The molecule has 0 bridgehead atoms. The molecule has 0 aromatic rings. The summed E-state index contributed by atoms with van der Waals surface area (Å²) in [6, 6.07) is 0. The maximum absolute atomic E-state index is 12.2. The van der Waals surface area contributed by atoms with E-state index in [1.165, 1.54) is 6.42 Å². The van der Waals surface area contributed by atoms with Crippen molar-refractivity contribution in [3.05, 3.63) is 0 Å². The van der Waals surface area contributed by atoms with Crippen molar-refractivity contribution in [2.75, 3.05) is 59.5 Å². The molecule has 0 spiro atoms. The fraction of sp³-hybridized carbons (Fsp3) is 0.929. The van der Waals surface area contributed by atoms with Gasteiger partial charge in [0.2, 0.25) is 5.91 Å². The van der Waals surface area contributed by atoms with Crippen LogP contribution in [0.15, 0.2) is 0 Å². The van der Waals surface area contributed by atoms with Gasteiger partial charge in [-0.05, 0) is 24.8 Å². The molecule has 0 saturated carbocycles. The number of carbonyl (C=O) groups excluding carboxylic acids is 1. The standard InChI is InChI=1S/C14H27N3O2/c1-14(4-5-15-11-14)12-16-6-3-7-17(8-9-19-2)13(18)10-16/h15H,3-12H2,1-2H3. The van der Waals surface area contributed by atoms with E-state index in [0.717, 1.165) is 45.7 Å². The van der Waals surface area contributed by atoms with Gasteiger partial charge in [0.05, 0.1) is 13.2 Å². The predicted octanol–water partition coefficient (Wildman–Crippen LogP) is 0.167. The average molecular weight is 269 g/mol. The lowest BCUT2D eigenvalue weighted by Gasteiger charge is -2.30. The highest BCUT2D eigenvalue weighted by atomic mass is 16.5. The van der Waals surface area contributed by atoms with Gasteiger partial charge in [0.25, 0.3) is 0 Å². The van der Waals surface area contributed by atoms with Crippen LogP contribution >= 0.6 is 0 Å². The lowest BCUT2D eigenvalue weighted by molar-refractivity contribution is -0.132. The Hall–Kier alpha value is -0.650. The Morgan fingerprint density at radius 1 is 1.42 bits per heavy atom. The van der Waals surface area contributed by atoms with E-state index in [1.807, 2.05) is 4.90 Å². The van der Waals surface area contributed by atoms with E-state index in [1.54, 1.807) is 7.11 Å². The molecular weight excluding hydrogens is 242 g/mol. The van der Waals surface area contributed by atoms with Gasteiger partial charge in [0, 0.05) is 39.8 Å². The molecule has 2 saturated heterocycles. The molecule has 0 aromatic carbocycles. The third kappa shape index (κ3) is 4.16. The quantitative estimate of drug-likeness (QED) is 0.772. The molecule has 0 aromatic heterocycles. The first-order chi connectivity index (χ1) is 9.13.